The predicted molar refractivity (Wildman–Crippen MR) is 88.1 cm³/mol. The summed E-state index contributed by atoms with van der Waals surface area (Å²) in [6, 6.07) is 16.4. The molecule has 0 saturated carbocycles. The zero-order valence-corrected chi connectivity index (χ0v) is 12.8. The van der Waals surface area contributed by atoms with Gasteiger partial charge in [-0.05, 0) is 28.3 Å². The number of ketones is 1. The van der Waals surface area contributed by atoms with Gasteiger partial charge < -0.3 is 4.42 Å². The Bertz CT molecular complexity index is 884. The van der Waals surface area contributed by atoms with E-state index >= 15 is 0 Å². The molecule has 1 aliphatic carbocycles. The number of carbonyl (C=O) groups is 1. The van der Waals surface area contributed by atoms with E-state index in [0.717, 1.165) is 29.1 Å². The van der Waals surface area contributed by atoms with Gasteiger partial charge in [0.25, 0.3) is 0 Å². The number of Topliss-reactive ketones (excluding diaryl/α,β-unsaturated/α-hetero) is 1. The quantitative estimate of drug-likeness (QED) is 0.612. The number of benzene rings is 2. The molecular weight excluding hydrogens is 272 g/mol. The van der Waals surface area contributed by atoms with Crippen LogP contribution in [0, 0.1) is 5.41 Å². The molecule has 2 nitrogen and oxygen atoms in total. The highest BCUT2D eigenvalue weighted by Crippen LogP contribution is 2.38. The topological polar surface area (TPSA) is 30.2 Å². The number of furan rings is 1. The maximum absolute atomic E-state index is 12.3. The molecule has 4 rings (SSSR count). The normalized spacial score (nSPS) is 16.7. The Morgan fingerprint density at radius 1 is 0.955 bits per heavy atom. The summed E-state index contributed by atoms with van der Waals surface area (Å²) >= 11 is 0. The molecule has 110 valence electrons. The summed E-state index contributed by atoms with van der Waals surface area (Å²) in [7, 11) is 0. The van der Waals surface area contributed by atoms with Gasteiger partial charge in [0, 0.05) is 18.4 Å². The van der Waals surface area contributed by atoms with Crippen molar-refractivity contribution in [1.82, 2.24) is 0 Å². The number of carbonyl (C=O) groups excluding carboxylic acids is 1. The highest BCUT2D eigenvalue weighted by atomic mass is 16.3. The molecule has 1 heterocycles. The zero-order chi connectivity index (χ0) is 15.3. The van der Waals surface area contributed by atoms with Crippen LogP contribution >= 0.6 is 0 Å². The van der Waals surface area contributed by atoms with E-state index in [4.69, 9.17) is 4.42 Å². The first-order chi connectivity index (χ1) is 10.5. The van der Waals surface area contributed by atoms with E-state index in [0.29, 0.717) is 6.42 Å². The lowest BCUT2D eigenvalue weighted by molar-refractivity contribution is 0.0904. The summed E-state index contributed by atoms with van der Waals surface area (Å²) < 4.78 is 6.03. The van der Waals surface area contributed by atoms with Gasteiger partial charge in [-0.25, -0.2) is 0 Å². The summed E-state index contributed by atoms with van der Waals surface area (Å²) in [5.74, 6) is 1.83. The van der Waals surface area contributed by atoms with Crippen molar-refractivity contribution in [2.24, 2.45) is 5.41 Å². The lowest BCUT2D eigenvalue weighted by atomic mass is 9.76. The van der Waals surface area contributed by atoms with Crippen molar-refractivity contribution >= 4 is 16.6 Å². The molecule has 2 heteroatoms. The third kappa shape index (κ3) is 2.16. The molecule has 1 aromatic heterocycles. The summed E-state index contributed by atoms with van der Waals surface area (Å²) in [4.78, 5) is 12.3. The molecule has 2 aromatic carbocycles. The molecule has 0 N–H and O–H groups in total. The van der Waals surface area contributed by atoms with Gasteiger partial charge in [0.1, 0.15) is 11.5 Å². The summed E-state index contributed by atoms with van der Waals surface area (Å²) in [5, 5.41) is 2.39. The molecule has 0 radical (unpaired) electrons. The zero-order valence-electron chi connectivity index (χ0n) is 12.8. The van der Waals surface area contributed by atoms with Gasteiger partial charge in [0.05, 0.1) is 5.56 Å². The average molecular weight is 290 g/mol. The average Bonchev–Trinajstić information content (AvgIpc) is 2.89. The fourth-order valence-corrected chi connectivity index (χ4v) is 3.31. The van der Waals surface area contributed by atoms with Crippen LogP contribution in [0.3, 0.4) is 0 Å². The third-order valence-electron chi connectivity index (χ3n) is 4.42. The van der Waals surface area contributed by atoms with E-state index in [9.17, 15) is 4.79 Å². The molecule has 3 aromatic rings. The Morgan fingerprint density at radius 3 is 2.55 bits per heavy atom. The first-order valence-electron chi connectivity index (χ1n) is 7.67. The smallest absolute Gasteiger partial charge is 0.166 e. The lowest BCUT2D eigenvalue weighted by Gasteiger charge is -2.26. The van der Waals surface area contributed by atoms with Crippen LogP contribution in [0.1, 0.15) is 36.4 Å². The van der Waals surface area contributed by atoms with Crippen LogP contribution < -0.4 is 0 Å². The van der Waals surface area contributed by atoms with E-state index in [1.807, 2.05) is 18.2 Å². The van der Waals surface area contributed by atoms with Gasteiger partial charge in [-0.1, -0.05) is 50.2 Å². The van der Waals surface area contributed by atoms with Crippen molar-refractivity contribution in [2.75, 3.05) is 0 Å². The van der Waals surface area contributed by atoms with E-state index in [-0.39, 0.29) is 11.2 Å². The van der Waals surface area contributed by atoms with Gasteiger partial charge in [0.15, 0.2) is 5.78 Å². The van der Waals surface area contributed by atoms with E-state index in [2.05, 4.69) is 44.2 Å². The van der Waals surface area contributed by atoms with E-state index in [1.165, 1.54) is 10.8 Å². The van der Waals surface area contributed by atoms with Gasteiger partial charge in [-0.2, -0.15) is 0 Å². The van der Waals surface area contributed by atoms with Gasteiger partial charge in [0.2, 0.25) is 0 Å². The Balaban J connectivity index is 1.81. The van der Waals surface area contributed by atoms with Gasteiger partial charge in [-0.3, -0.25) is 4.79 Å². The maximum Gasteiger partial charge on any atom is 0.166 e. The van der Waals surface area contributed by atoms with Gasteiger partial charge in [-0.15, -0.1) is 0 Å². The second-order valence-corrected chi connectivity index (χ2v) is 6.95. The Hall–Kier alpha value is -2.35. The molecule has 0 atom stereocenters. The monoisotopic (exact) mass is 290 g/mol. The van der Waals surface area contributed by atoms with Crippen molar-refractivity contribution in [3.63, 3.8) is 0 Å². The Morgan fingerprint density at radius 2 is 1.73 bits per heavy atom. The second kappa shape index (κ2) is 4.57. The summed E-state index contributed by atoms with van der Waals surface area (Å²) in [6.07, 6.45) is 1.42. The molecule has 0 spiro atoms. The SMILES string of the molecule is CC1(C)CC(=O)c2cc(-c3ccc4ccccc4c3)oc2C1. The third-order valence-corrected chi connectivity index (χ3v) is 4.42. The van der Waals surface area contributed by atoms with Crippen LogP contribution in [-0.4, -0.2) is 5.78 Å². The van der Waals surface area contributed by atoms with Crippen molar-refractivity contribution in [3.8, 4) is 11.3 Å². The van der Waals surface area contributed by atoms with E-state index < -0.39 is 0 Å². The fourth-order valence-electron chi connectivity index (χ4n) is 3.31. The largest absolute Gasteiger partial charge is 0.460 e. The molecule has 1 aliphatic rings. The lowest BCUT2D eigenvalue weighted by Crippen LogP contribution is -2.25. The molecule has 0 aliphatic heterocycles. The van der Waals surface area contributed by atoms with Crippen LogP contribution in [0.4, 0.5) is 0 Å². The van der Waals surface area contributed by atoms with Crippen molar-refractivity contribution in [1.29, 1.82) is 0 Å². The molecule has 0 bridgehead atoms. The minimum atomic E-state index is -0.0113. The second-order valence-electron chi connectivity index (χ2n) is 6.95. The molecule has 0 amide bonds. The van der Waals surface area contributed by atoms with Crippen LogP contribution in [0.15, 0.2) is 52.9 Å². The van der Waals surface area contributed by atoms with Crippen molar-refractivity contribution < 1.29 is 9.21 Å². The van der Waals surface area contributed by atoms with Crippen LogP contribution in [0.25, 0.3) is 22.1 Å². The molecular formula is C20H18O2. The minimum Gasteiger partial charge on any atom is -0.460 e. The van der Waals surface area contributed by atoms with Gasteiger partial charge >= 0.3 is 0 Å². The standard InChI is InChI=1S/C20H18O2/c1-20(2)11-17(21)16-10-18(22-19(16)12-20)15-8-7-13-5-3-4-6-14(13)9-15/h3-10H,11-12H2,1-2H3. The Kier molecular flexibility index (Phi) is 2.77. The number of rotatable bonds is 1. The summed E-state index contributed by atoms with van der Waals surface area (Å²) in [5.41, 5.74) is 1.78. The molecule has 0 fully saturated rings. The highest BCUT2D eigenvalue weighted by molar-refractivity contribution is 5.99. The maximum atomic E-state index is 12.3. The number of fused-ring (bicyclic) bond motifs is 2. The summed E-state index contributed by atoms with van der Waals surface area (Å²) in [6.45, 7) is 4.23. The molecule has 0 unspecified atom stereocenters. The van der Waals surface area contributed by atoms with Crippen LogP contribution in [-0.2, 0) is 6.42 Å². The number of hydrogen-bond acceptors (Lipinski definition) is 2. The minimum absolute atomic E-state index is 0.0113. The van der Waals surface area contributed by atoms with Crippen molar-refractivity contribution in [3.05, 3.63) is 59.9 Å². The first-order valence-corrected chi connectivity index (χ1v) is 7.67. The predicted octanol–water partition coefficient (Wildman–Crippen LogP) is 5.25. The number of hydrogen-bond donors (Lipinski definition) is 0. The Labute approximate surface area is 129 Å². The van der Waals surface area contributed by atoms with E-state index in [1.54, 1.807) is 0 Å². The van der Waals surface area contributed by atoms with Crippen molar-refractivity contribution in [2.45, 2.75) is 26.7 Å². The van der Waals surface area contributed by atoms with Crippen LogP contribution in [0.5, 0.6) is 0 Å². The van der Waals surface area contributed by atoms with Crippen LogP contribution in [0.2, 0.25) is 0 Å². The first kappa shape index (κ1) is 13.3. The highest BCUT2D eigenvalue weighted by Gasteiger charge is 2.34. The molecule has 22 heavy (non-hydrogen) atoms. The fraction of sp³-hybridized carbons (Fsp3) is 0.250. The molecule has 0 saturated heterocycles.